The van der Waals surface area contributed by atoms with Crippen molar-refractivity contribution in [3.63, 3.8) is 0 Å². The summed E-state index contributed by atoms with van der Waals surface area (Å²) in [5.74, 6) is 0.804. The molecule has 1 fully saturated rings. The van der Waals surface area contributed by atoms with Gasteiger partial charge in [-0.25, -0.2) is 0 Å². The van der Waals surface area contributed by atoms with Crippen LogP contribution >= 0.6 is 0 Å². The Balaban J connectivity index is 1.76. The second kappa shape index (κ2) is 10.4. The number of oxime groups is 1. The molecule has 0 aromatic heterocycles. The number of hydrogen-bond acceptors (Lipinski definition) is 5. The molecule has 5 nitrogen and oxygen atoms in total. The number of nitrogens with zero attached hydrogens (tertiary/aromatic N) is 1. The normalized spacial score (nSPS) is 25.2. The van der Waals surface area contributed by atoms with Crippen molar-refractivity contribution in [1.29, 1.82) is 0 Å². The molecule has 3 atom stereocenters. The van der Waals surface area contributed by atoms with Crippen molar-refractivity contribution in [2.75, 3.05) is 13.7 Å². The van der Waals surface area contributed by atoms with E-state index < -0.39 is 0 Å². The molecule has 5 heteroatoms. The molecule has 0 bridgehead atoms. The Morgan fingerprint density at radius 2 is 2.28 bits per heavy atom. The zero-order valence-corrected chi connectivity index (χ0v) is 15.4. The monoisotopic (exact) mass is 349 g/mol. The average molecular weight is 349 g/mol. The molecule has 0 aromatic carbocycles. The molecule has 0 aromatic rings. The summed E-state index contributed by atoms with van der Waals surface area (Å²) >= 11 is 0. The number of hydrogen-bond donors (Lipinski definition) is 1. The first-order chi connectivity index (χ1) is 12.1. The molecule has 140 valence electrons. The number of methoxy groups -OCH3 is 1. The Hall–Kier alpha value is -1.62. The number of carbonyl (C=O) groups is 1. The molecular weight excluding hydrogens is 318 g/mol. The van der Waals surface area contributed by atoms with Crippen LogP contribution in [0.25, 0.3) is 0 Å². The molecule has 1 saturated carbocycles. The standard InChI is InChI=1S/C20H31NO4/c1-3-4-5-6-18(22)10-9-15-7-8-16-13-17(14-19(15)16)21-25-12-11-20(23)24-2/h7,9-10,16,18-19,22H,3-6,8,11-14H2,1-2H3/b10-9?,21-17-/t16-,18?,19+/m1/s1. The topological polar surface area (TPSA) is 68.1 Å². The van der Waals surface area contributed by atoms with E-state index >= 15 is 0 Å². The highest BCUT2D eigenvalue weighted by molar-refractivity contribution is 5.87. The average Bonchev–Trinajstić information content (AvgIpc) is 3.17. The first-order valence-electron chi connectivity index (χ1n) is 9.44. The van der Waals surface area contributed by atoms with Gasteiger partial charge in [0.2, 0.25) is 0 Å². The summed E-state index contributed by atoms with van der Waals surface area (Å²) in [5, 5.41) is 14.2. The Kier molecular flexibility index (Phi) is 8.19. The number of esters is 1. The largest absolute Gasteiger partial charge is 0.469 e. The van der Waals surface area contributed by atoms with Gasteiger partial charge in [0.15, 0.2) is 0 Å². The highest BCUT2D eigenvalue weighted by atomic mass is 16.6. The number of fused-ring (bicyclic) bond motifs is 1. The van der Waals surface area contributed by atoms with Crippen molar-refractivity contribution in [2.24, 2.45) is 17.0 Å². The van der Waals surface area contributed by atoms with Crippen LogP contribution < -0.4 is 0 Å². The van der Waals surface area contributed by atoms with Gasteiger partial charge in [-0.2, -0.15) is 0 Å². The molecule has 2 rings (SSSR count). The zero-order chi connectivity index (χ0) is 18.1. The van der Waals surface area contributed by atoms with Crippen LogP contribution in [-0.2, 0) is 14.4 Å². The minimum atomic E-state index is -0.345. The highest BCUT2D eigenvalue weighted by Gasteiger charge is 2.36. The van der Waals surface area contributed by atoms with E-state index in [1.165, 1.54) is 25.5 Å². The van der Waals surface area contributed by atoms with Gasteiger partial charge < -0.3 is 14.7 Å². The summed E-state index contributed by atoms with van der Waals surface area (Å²) in [5.41, 5.74) is 2.39. The van der Waals surface area contributed by atoms with Crippen LogP contribution in [0.2, 0.25) is 0 Å². The molecule has 0 aliphatic heterocycles. The molecule has 0 saturated heterocycles. The summed E-state index contributed by atoms with van der Waals surface area (Å²) in [6, 6.07) is 0. The van der Waals surface area contributed by atoms with Gasteiger partial charge in [0.25, 0.3) is 0 Å². The second-order valence-electron chi connectivity index (χ2n) is 6.95. The molecule has 0 spiro atoms. The first-order valence-corrected chi connectivity index (χ1v) is 9.44. The van der Waals surface area contributed by atoms with Crippen LogP contribution in [0.15, 0.2) is 29.0 Å². The van der Waals surface area contributed by atoms with Crippen LogP contribution in [0.3, 0.4) is 0 Å². The molecule has 0 heterocycles. The Bertz CT molecular complexity index is 524. The van der Waals surface area contributed by atoms with Gasteiger partial charge in [0.1, 0.15) is 6.61 Å². The summed E-state index contributed by atoms with van der Waals surface area (Å²) in [4.78, 5) is 16.3. The van der Waals surface area contributed by atoms with Crippen LogP contribution in [0, 0.1) is 11.8 Å². The van der Waals surface area contributed by atoms with Gasteiger partial charge in [-0.05, 0) is 43.1 Å². The molecule has 2 aliphatic carbocycles. The van der Waals surface area contributed by atoms with Gasteiger partial charge in [-0.15, -0.1) is 0 Å². The van der Waals surface area contributed by atoms with Gasteiger partial charge in [-0.1, -0.05) is 49.6 Å². The van der Waals surface area contributed by atoms with Gasteiger partial charge in [0.05, 0.1) is 25.3 Å². The fourth-order valence-corrected chi connectivity index (χ4v) is 3.58. The molecule has 0 radical (unpaired) electrons. The van der Waals surface area contributed by atoms with Gasteiger partial charge in [0, 0.05) is 0 Å². The van der Waals surface area contributed by atoms with E-state index in [0.29, 0.717) is 11.8 Å². The predicted molar refractivity (Wildman–Crippen MR) is 98.2 cm³/mol. The Morgan fingerprint density at radius 3 is 3.04 bits per heavy atom. The predicted octanol–water partition coefficient (Wildman–Crippen LogP) is 3.78. The fraction of sp³-hybridized carbons (Fsp3) is 0.700. The lowest BCUT2D eigenvalue weighted by molar-refractivity contribution is -0.141. The smallest absolute Gasteiger partial charge is 0.309 e. The SMILES string of the molecule is CCCCCC(O)C=CC1=CC[C@@H]2C/C(=N/OCCC(=O)OC)C[C@@H]12. The van der Waals surface area contributed by atoms with Gasteiger partial charge in [-0.3, -0.25) is 4.79 Å². The lowest BCUT2D eigenvalue weighted by atomic mass is 9.94. The van der Waals surface area contributed by atoms with E-state index in [2.05, 4.69) is 29.0 Å². The molecule has 0 amide bonds. The molecule has 1 unspecified atom stereocenters. The summed E-state index contributed by atoms with van der Waals surface area (Å²) in [6.07, 6.45) is 13.4. The third-order valence-corrected chi connectivity index (χ3v) is 5.04. The summed E-state index contributed by atoms with van der Waals surface area (Å²) in [6.45, 7) is 2.43. The van der Waals surface area contributed by atoms with E-state index in [1.807, 2.05) is 6.08 Å². The van der Waals surface area contributed by atoms with Gasteiger partial charge >= 0.3 is 5.97 Å². The maximum Gasteiger partial charge on any atom is 0.309 e. The van der Waals surface area contributed by atoms with Crippen LogP contribution in [0.5, 0.6) is 0 Å². The van der Waals surface area contributed by atoms with Crippen molar-refractivity contribution in [3.8, 4) is 0 Å². The van der Waals surface area contributed by atoms with Crippen LogP contribution in [-0.4, -0.2) is 36.6 Å². The van der Waals surface area contributed by atoms with Crippen molar-refractivity contribution in [1.82, 2.24) is 0 Å². The van der Waals surface area contributed by atoms with Crippen LogP contribution in [0.4, 0.5) is 0 Å². The van der Waals surface area contributed by atoms with E-state index in [-0.39, 0.29) is 25.1 Å². The number of aliphatic hydroxyl groups excluding tert-OH is 1. The number of ether oxygens (including phenoxy) is 1. The highest BCUT2D eigenvalue weighted by Crippen LogP contribution is 2.43. The van der Waals surface area contributed by atoms with E-state index in [0.717, 1.165) is 37.8 Å². The number of carbonyl (C=O) groups excluding carboxylic acids is 1. The Labute approximate surface area is 150 Å². The zero-order valence-electron chi connectivity index (χ0n) is 15.4. The number of allylic oxidation sites excluding steroid dienone is 3. The molecule has 1 N–H and O–H groups in total. The lowest BCUT2D eigenvalue weighted by Crippen LogP contribution is -2.05. The minimum Gasteiger partial charge on any atom is -0.469 e. The number of aliphatic hydroxyl groups is 1. The second-order valence-corrected chi connectivity index (χ2v) is 6.95. The Morgan fingerprint density at radius 1 is 1.44 bits per heavy atom. The lowest BCUT2D eigenvalue weighted by Gasteiger charge is -2.11. The minimum absolute atomic E-state index is 0.226. The van der Waals surface area contributed by atoms with E-state index in [1.54, 1.807) is 0 Å². The van der Waals surface area contributed by atoms with Crippen molar-refractivity contribution in [2.45, 2.75) is 64.4 Å². The molecule has 2 aliphatic rings. The number of rotatable bonds is 10. The third-order valence-electron chi connectivity index (χ3n) is 5.04. The van der Waals surface area contributed by atoms with Crippen molar-refractivity contribution < 1.29 is 19.5 Å². The maximum atomic E-state index is 11.0. The van der Waals surface area contributed by atoms with E-state index in [9.17, 15) is 9.90 Å². The quantitative estimate of drug-likeness (QED) is 0.370. The summed E-state index contributed by atoms with van der Waals surface area (Å²) < 4.78 is 4.57. The fourth-order valence-electron chi connectivity index (χ4n) is 3.58. The third kappa shape index (κ3) is 6.31. The van der Waals surface area contributed by atoms with Crippen molar-refractivity contribution >= 4 is 11.7 Å². The molecular formula is C20H31NO4. The first kappa shape index (κ1) is 19.7. The molecule has 25 heavy (non-hydrogen) atoms. The van der Waals surface area contributed by atoms with Crippen molar-refractivity contribution in [3.05, 3.63) is 23.8 Å². The van der Waals surface area contributed by atoms with Crippen LogP contribution in [0.1, 0.15) is 58.3 Å². The summed E-state index contributed by atoms with van der Waals surface area (Å²) in [7, 11) is 1.37. The van der Waals surface area contributed by atoms with E-state index in [4.69, 9.17) is 4.84 Å². The maximum absolute atomic E-state index is 11.0. The number of unbranched alkanes of at least 4 members (excludes halogenated alkanes) is 2.